The Morgan fingerprint density at radius 3 is 2.67 bits per heavy atom. The van der Waals surface area contributed by atoms with Gasteiger partial charge in [0.2, 0.25) is 5.91 Å². The standard InChI is InChI=1S/C25H28N4O4/c1-4-33-20-9-10-22-21(12-20)24(31)29(25(32)28(22)3)15-17-5-7-18(8-6-17)23(30)27-19-11-16(2)13-26-14-19/h4,9-14,17-18H,1,5-8,15H2,2-3H3,(H,27,30). The van der Waals surface area contributed by atoms with Crippen LogP contribution in [0.25, 0.3) is 10.9 Å². The van der Waals surface area contributed by atoms with Gasteiger partial charge in [-0.2, -0.15) is 0 Å². The maximum absolute atomic E-state index is 13.1. The van der Waals surface area contributed by atoms with Crippen molar-refractivity contribution < 1.29 is 9.53 Å². The van der Waals surface area contributed by atoms with Crippen molar-refractivity contribution in [2.24, 2.45) is 18.9 Å². The molecule has 0 saturated heterocycles. The summed E-state index contributed by atoms with van der Waals surface area (Å²) >= 11 is 0. The van der Waals surface area contributed by atoms with Gasteiger partial charge in [0, 0.05) is 25.7 Å². The first-order chi connectivity index (χ1) is 15.9. The normalized spacial score (nSPS) is 18.1. The lowest BCUT2D eigenvalue weighted by Crippen LogP contribution is -2.41. The second-order valence-corrected chi connectivity index (χ2v) is 8.68. The van der Waals surface area contributed by atoms with Crippen molar-refractivity contribution in [2.45, 2.75) is 39.2 Å². The fourth-order valence-corrected chi connectivity index (χ4v) is 4.56. The molecule has 172 valence electrons. The van der Waals surface area contributed by atoms with Gasteiger partial charge in [-0.15, -0.1) is 0 Å². The van der Waals surface area contributed by atoms with Crippen LogP contribution in [-0.4, -0.2) is 20.0 Å². The molecule has 1 amide bonds. The number of anilines is 1. The van der Waals surface area contributed by atoms with Gasteiger partial charge in [0.25, 0.3) is 5.56 Å². The molecule has 0 unspecified atom stereocenters. The number of amides is 1. The van der Waals surface area contributed by atoms with Crippen molar-refractivity contribution in [1.29, 1.82) is 0 Å². The van der Waals surface area contributed by atoms with E-state index in [4.69, 9.17) is 4.74 Å². The Balaban J connectivity index is 1.47. The van der Waals surface area contributed by atoms with Gasteiger partial charge >= 0.3 is 5.69 Å². The Kier molecular flexibility index (Phi) is 6.44. The quantitative estimate of drug-likeness (QED) is 0.584. The number of fused-ring (bicyclic) bond motifs is 1. The zero-order valence-corrected chi connectivity index (χ0v) is 18.9. The summed E-state index contributed by atoms with van der Waals surface area (Å²) in [5, 5.41) is 3.38. The molecular weight excluding hydrogens is 420 g/mol. The van der Waals surface area contributed by atoms with Crippen LogP contribution in [0, 0.1) is 18.8 Å². The summed E-state index contributed by atoms with van der Waals surface area (Å²) < 4.78 is 8.10. The van der Waals surface area contributed by atoms with Crippen LogP contribution in [0.3, 0.4) is 0 Å². The van der Waals surface area contributed by atoms with Crippen molar-refractivity contribution in [3.8, 4) is 5.75 Å². The fourth-order valence-electron chi connectivity index (χ4n) is 4.56. The molecule has 1 aliphatic carbocycles. The van der Waals surface area contributed by atoms with E-state index in [-0.39, 0.29) is 29.0 Å². The third-order valence-electron chi connectivity index (χ3n) is 6.34. The summed E-state index contributed by atoms with van der Waals surface area (Å²) in [5.74, 6) is 0.561. The minimum atomic E-state index is -0.336. The number of carbonyl (C=O) groups excluding carboxylic acids is 1. The molecule has 1 aromatic carbocycles. The fraction of sp³-hybridized carbons (Fsp3) is 0.360. The molecule has 0 aliphatic heterocycles. The van der Waals surface area contributed by atoms with Crippen molar-refractivity contribution in [1.82, 2.24) is 14.1 Å². The molecule has 2 heterocycles. The van der Waals surface area contributed by atoms with Gasteiger partial charge in [0.05, 0.1) is 29.0 Å². The van der Waals surface area contributed by atoms with E-state index in [0.29, 0.717) is 28.9 Å². The number of aryl methyl sites for hydroxylation is 2. The Morgan fingerprint density at radius 1 is 1.21 bits per heavy atom. The van der Waals surface area contributed by atoms with Crippen molar-refractivity contribution in [3.05, 3.63) is 75.9 Å². The molecule has 1 fully saturated rings. The lowest BCUT2D eigenvalue weighted by atomic mass is 9.81. The van der Waals surface area contributed by atoms with Gasteiger partial charge in [-0.05, 0) is 68.4 Å². The molecule has 8 nitrogen and oxygen atoms in total. The average Bonchev–Trinajstić information content (AvgIpc) is 2.81. The zero-order valence-electron chi connectivity index (χ0n) is 18.9. The number of nitrogens with one attached hydrogen (secondary N) is 1. The molecule has 2 aromatic heterocycles. The van der Waals surface area contributed by atoms with E-state index < -0.39 is 0 Å². The minimum Gasteiger partial charge on any atom is -0.466 e. The minimum absolute atomic E-state index is 0.00520. The van der Waals surface area contributed by atoms with Gasteiger partial charge in [-0.25, -0.2) is 4.79 Å². The van der Waals surface area contributed by atoms with Gasteiger partial charge < -0.3 is 10.1 Å². The molecule has 1 N–H and O–H groups in total. The van der Waals surface area contributed by atoms with Crippen LogP contribution in [0.15, 0.2) is 59.1 Å². The average molecular weight is 449 g/mol. The zero-order chi connectivity index (χ0) is 23.5. The first-order valence-corrected chi connectivity index (χ1v) is 11.1. The number of ether oxygens (including phenoxy) is 1. The van der Waals surface area contributed by atoms with E-state index in [1.54, 1.807) is 37.6 Å². The molecule has 0 bridgehead atoms. The molecule has 8 heteroatoms. The highest BCUT2D eigenvalue weighted by Crippen LogP contribution is 2.30. The van der Waals surface area contributed by atoms with Crippen LogP contribution in [-0.2, 0) is 18.4 Å². The number of hydrogen-bond acceptors (Lipinski definition) is 5. The van der Waals surface area contributed by atoms with Gasteiger partial charge in [0.1, 0.15) is 5.75 Å². The highest BCUT2D eigenvalue weighted by atomic mass is 16.5. The summed E-state index contributed by atoms with van der Waals surface area (Å²) in [6, 6.07) is 6.93. The maximum Gasteiger partial charge on any atom is 0.331 e. The van der Waals surface area contributed by atoms with Crippen LogP contribution >= 0.6 is 0 Å². The topological polar surface area (TPSA) is 95.2 Å². The Morgan fingerprint density at radius 2 is 1.97 bits per heavy atom. The summed E-state index contributed by atoms with van der Waals surface area (Å²) in [5.41, 5.74) is 1.59. The first kappa shape index (κ1) is 22.5. The second kappa shape index (κ2) is 9.44. The number of rotatable bonds is 6. The summed E-state index contributed by atoms with van der Waals surface area (Å²) in [6.07, 6.45) is 7.67. The monoisotopic (exact) mass is 448 g/mol. The molecule has 3 aromatic rings. The lowest BCUT2D eigenvalue weighted by molar-refractivity contribution is -0.121. The Bertz CT molecular complexity index is 1320. The first-order valence-electron chi connectivity index (χ1n) is 11.1. The molecule has 1 aliphatic rings. The molecule has 0 radical (unpaired) electrons. The van der Waals surface area contributed by atoms with Gasteiger partial charge in [0.15, 0.2) is 0 Å². The van der Waals surface area contributed by atoms with Crippen LogP contribution in [0.2, 0.25) is 0 Å². The van der Waals surface area contributed by atoms with E-state index in [2.05, 4.69) is 16.9 Å². The number of benzene rings is 1. The van der Waals surface area contributed by atoms with Crippen molar-refractivity contribution >= 4 is 22.5 Å². The van der Waals surface area contributed by atoms with E-state index in [9.17, 15) is 14.4 Å². The Hall–Kier alpha value is -3.68. The molecule has 0 atom stereocenters. The Labute approximate surface area is 191 Å². The van der Waals surface area contributed by atoms with E-state index in [1.165, 1.54) is 15.4 Å². The number of aromatic nitrogens is 3. The predicted octanol–water partition coefficient (Wildman–Crippen LogP) is 3.37. The third-order valence-corrected chi connectivity index (χ3v) is 6.34. The SMILES string of the molecule is C=COc1ccc2c(c1)c(=O)n(CC1CCC(C(=O)Nc3cncc(C)c3)CC1)c(=O)n2C. The van der Waals surface area contributed by atoms with E-state index in [1.807, 2.05) is 13.0 Å². The smallest absolute Gasteiger partial charge is 0.331 e. The van der Waals surface area contributed by atoms with Gasteiger partial charge in [-0.3, -0.25) is 23.7 Å². The number of nitrogens with zero attached hydrogens (tertiary/aromatic N) is 3. The summed E-state index contributed by atoms with van der Waals surface area (Å²) in [7, 11) is 1.66. The van der Waals surface area contributed by atoms with Crippen molar-refractivity contribution in [3.63, 3.8) is 0 Å². The van der Waals surface area contributed by atoms with Crippen LogP contribution in [0.5, 0.6) is 5.75 Å². The highest BCUT2D eigenvalue weighted by molar-refractivity contribution is 5.92. The van der Waals surface area contributed by atoms with E-state index >= 15 is 0 Å². The third kappa shape index (κ3) is 4.74. The van der Waals surface area contributed by atoms with Crippen LogP contribution < -0.4 is 21.3 Å². The van der Waals surface area contributed by atoms with Crippen LogP contribution in [0.4, 0.5) is 5.69 Å². The highest BCUT2D eigenvalue weighted by Gasteiger charge is 2.27. The molecule has 0 spiro atoms. The second-order valence-electron chi connectivity index (χ2n) is 8.68. The van der Waals surface area contributed by atoms with Crippen LogP contribution in [0.1, 0.15) is 31.2 Å². The number of carbonyl (C=O) groups is 1. The number of pyridine rings is 1. The maximum atomic E-state index is 13.1. The number of hydrogen-bond donors (Lipinski definition) is 1. The molecular formula is C25H28N4O4. The summed E-state index contributed by atoms with van der Waals surface area (Å²) in [6.45, 7) is 5.81. The van der Waals surface area contributed by atoms with Crippen molar-refractivity contribution in [2.75, 3.05) is 5.32 Å². The molecule has 4 rings (SSSR count). The largest absolute Gasteiger partial charge is 0.466 e. The lowest BCUT2D eigenvalue weighted by Gasteiger charge is -2.28. The predicted molar refractivity (Wildman–Crippen MR) is 127 cm³/mol. The molecule has 1 saturated carbocycles. The molecule has 33 heavy (non-hydrogen) atoms. The summed E-state index contributed by atoms with van der Waals surface area (Å²) in [4.78, 5) is 42.8. The van der Waals surface area contributed by atoms with E-state index in [0.717, 1.165) is 31.2 Å². The van der Waals surface area contributed by atoms with Gasteiger partial charge in [-0.1, -0.05) is 6.58 Å².